The Morgan fingerprint density at radius 1 is 1.12 bits per heavy atom. The first-order valence-corrected chi connectivity index (χ1v) is 5.51. The summed E-state index contributed by atoms with van der Waals surface area (Å²) in [5.41, 5.74) is 1.74. The topological polar surface area (TPSA) is 52.6 Å². The SMILES string of the molecule is COC(=O)/C(C)=C/CC/C(C)=C\COC(C)=O. The largest absolute Gasteiger partial charge is 0.466 e. The van der Waals surface area contributed by atoms with Gasteiger partial charge in [0.15, 0.2) is 0 Å². The van der Waals surface area contributed by atoms with Crippen molar-refractivity contribution in [1.29, 1.82) is 0 Å². The first kappa shape index (κ1) is 15.4. The molecule has 96 valence electrons. The average Bonchev–Trinajstić information content (AvgIpc) is 2.27. The molecule has 0 spiro atoms. The van der Waals surface area contributed by atoms with Crippen LogP contribution in [0.5, 0.6) is 0 Å². The summed E-state index contributed by atoms with van der Waals surface area (Å²) in [4.78, 5) is 21.6. The lowest BCUT2D eigenvalue weighted by Crippen LogP contribution is -2.01. The summed E-state index contributed by atoms with van der Waals surface area (Å²) in [5.74, 6) is -0.581. The van der Waals surface area contributed by atoms with Gasteiger partial charge in [0.25, 0.3) is 0 Å². The summed E-state index contributed by atoms with van der Waals surface area (Å²) in [6.07, 6.45) is 5.30. The van der Waals surface area contributed by atoms with Crippen LogP contribution in [-0.4, -0.2) is 25.7 Å². The van der Waals surface area contributed by atoms with Gasteiger partial charge in [0.05, 0.1) is 7.11 Å². The first-order chi connectivity index (χ1) is 7.97. The third kappa shape index (κ3) is 8.25. The van der Waals surface area contributed by atoms with Crippen LogP contribution in [-0.2, 0) is 19.1 Å². The van der Waals surface area contributed by atoms with Gasteiger partial charge in [-0.2, -0.15) is 0 Å². The highest BCUT2D eigenvalue weighted by atomic mass is 16.5. The van der Waals surface area contributed by atoms with Crippen LogP contribution in [0.1, 0.15) is 33.6 Å². The van der Waals surface area contributed by atoms with Gasteiger partial charge in [-0.15, -0.1) is 0 Å². The van der Waals surface area contributed by atoms with Crippen LogP contribution in [0.15, 0.2) is 23.3 Å². The fourth-order valence-corrected chi connectivity index (χ4v) is 1.16. The van der Waals surface area contributed by atoms with E-state index in [-0.39, 0.29) is 11.9 Å². The Hall–Kier alpha value is -1.58. The lowest BCUT2D eigenvalue weighted by Gasteiger charge is -2.01. The number of allylic oxidation sites excluding steroid dienone is 2. The van der Waals surface area contributed by atoms with Gasteiger partial charge in [0, 0.05) is 12.5 Å². The average molecular weight is 240 g/mol. The van der Waals surface area contributed by atoms with Gasteiger partial charge in [-0.25, -0.2) is 4.79 Å². The number of rotatable bonds is 6. The lowest BCUT2D eigenvalue weighted by molar-refractivity contribution is -0.139. The molecule has 0 atom stereocenters. The number of methoxy groups -OCH3 is 1. The Bertz CT molecular complexity index is 326. The third-order valence-electron chi connectivity index (χ3n) is 2.21. The number of hydrogen-bond donors (Lipinski definition) is 0. The van der Waals surface area contributed by atoms with Crippen molar-refractivity contribution in [3.8, 4) is 0 Å². The number of carbonyl (C=O) groups is 2. The van der Waals surface area contributed by atoms with E-state index < -0.39 is 0 Å². The number of ether oxygens (including phenoxy) is 2. The van der Waals surface area contributed by atoms with Gasteiger partial charge in [-0.1, -0.05) is 11.6 Å². The molecule has 0 saturated carbocycles. The van der Waals surface area contributed by atoms with Crippen molar-refractivity contribution < 1.29 is 19.1 Å². The molecule has 0 rings (SSSR count). The molecule has 0 bridgehead atoms. The molecule has 0 fully saturated rings. The van der Waals surface area contributed by atoms with E-state index in [0.29, 0.717) is 12.2 Å². The molecule has 0 aromatic rings. The Morgan fingerprint density at radius 2 is 1.76 bits per heavy atom. The maximum absolute atomic E-state index is 11.1. The Morgan fingerprint density at radius 3 is 2.29 bits per heavy atom. The van der Waals surface area contributed by atoms with Gasteiger partial charge in [-0.05, 0) is 32.8 Å². The normalized spacial score (nSPS) is 12.2. The summed E-state index contributed by atoms with van der Waals surface area (Å²) >= 11 is 0. The highest BCUT2D eigenvalue weighted by Gasteiger charge is 2.01. The molecule has 0 heterocycles. The van der Waals surface area contributed by atoms with E-state index in [1.165, 1.54) is 14.0 Å². The van der Waals surface area contributed by atoms with E-state index in [1.807, 2.05) is 19.1 Å². The summed E-state index contributed by atoms with van der Waals surface area (Å²) in [6, 6.07) is 0. The molecule has 4 heteroatoms. The summed E-state index contributed by atoms with van der Waals surface area (Å²) in [5, 5.41) is 0. The highest BCUT2D eigenvalue weighted by molar-refractivity contribution is 5.87. The van der Waals surface area contributed by atoms with Crippen LogP contribution in [0.4, 0.5) is 0 Å². The second-order valence-corrected chi connectivity index (χ2v) is 3.77. The van der Waals surface area contributed by atoms with Crippen molar-refractivity contribution in [3.05, 3.63) is 23.3 Å². The van der Waals surface area contributed by atoms with Gasteiger partial charge < -0.3 is 9.47 Å². The predicted molar refractivity (Wildman–Crippen MR) is 65.4 cm³/mol. The third-order valence-corrected chi connectivity index (χ3v) is 2.21. The molecule has 0 saturated heterocycles. The Balaban J connectivity index is 3.95. The zero-order valence-corrected chi connectivity index (χ0v) is 10.9. The van der Waals surface area contributed by atoms with Crippen LogP contribution in [0, 0.1) is 0 Å². The molecule has 4 nitrogen and oxygen atoms in total. The van der Waals surface area contributed by atoms with Gasteiger partial charge in [-0.3, -0.25) is 4.79 Å². The van der Waals surface area contributed by atoms with E-state index in [4.69, 9.17) is 4.74 Å². The van der Waals surface area contributed by atoms with E-state index in [2.05, 4.69) is 4.74 Å². The molecular formula is C13H20O4. The molecule has 17 heavy (non-hydrogen) atoms. The first-order valence-electron chi connectivity index (χ1n) is 5.51. The second-order valence-electron chi connectivity index (χ2n) is 3.77. The maximum Gasteiger partial charge on any atom is 0.333 e. The minimum Gasteiger partial charge on any atom is -0.466 e. The quantitative estimate of drug-likeness (QED) is 0.406. The minimum absolute atomic E-state index is 0.282. The monoisotopic (exact) mass is 240 g/mol. The summed E-state index contributed by atoms with van der Waals surface area (Å²) in [7, 11) is 1.37. The molecule has 0 amide bonds. The zero-order chi connectivity index (χ0) is 13.3. The van der Waals surface area contributed by atoms with Crippen molar-refractivity contribution in [2.24, 2.45) is 0 Å². The summed E-state index contributed by atoms with van der Waals surface area (Å²) in [6.45, 7) is 5.38. The van der Waals surface area contributed by atoms with Gasteiger partial charge >= 0.3 is 11.9 Å². The van der Waals surface area contributed by atoms with Crippen molar-refractivity contribution >= 4 is 11.9 Å². The van der Waals surface area contributed by atoms with Crippen LogP contribution in [0.25, 0.3) is 0 Å². The second kappa shape index (κ2) is 8.56. The molecule has 0 aliphatic carbocycles. The fourth-order valence-electron chi connectivity index (χ4n) is 1.16. The van der Waals surface area contributed by atoms with Crippen LogP contribution >= 0.6 is 0 Å². The number of esters is 2. The zero-order valence-electron chi connectivity index (χ0n) is 10.9. The molecule has 0 unspecified atom stereocenters. The Kier molecular flexibility index (Phi) is 7.76. The molecule has 0 aromatic carbocycles. The molecule has 0 aliphatic rings. The summed E-state index contributed by atoms with van der Waals surface area (Å²) < 4.78 is 9.37. The van der Waals surface area contributed by atoms with Crippen LogP contribution in [0.2, 0.25) is 0 Å². The maximum atomic E-state index is 11.1. The van der Waals surface area contributed by atoms with Crippen molar-refractivity contribution in [1.82, 2.24) is 0 Å². The molecule has 0 N–H and O–H groups in total. The smallest absolute Gasteiger partial charge is 0.333 e. The standard InChI is InChI=1S/C13H20O4/c1-10(8-9-17-12(3)14)6-5-7-11(2)13(15)16-4/h7-8H,5-6,9H2,1-4H3/b10-8-,11-7+. The van der Waals surface area contributed by atoms with Gasteiger partial charge in [0.2, 0.25) is 0 Å². The fraction of sp³-hybridized carbons (Fsp3) is 0.538. The van der Waals surface area contributed by atoms with E-state index in [0.717, 1.165) is 18.4 Å². The lowest BCUT2D eigenvalue weighted by atomic mass is 10.1. The van der Waals surface area contributed by atoms with Gasteiger partial charge in [0.1, 0.15) is 6.61 Å². The predicted octanol–water partition coefficient (Wildman–Crippen LogP) is 2.40. The molecular weight excluding hydrogens is 220 g/mol. The molecule has 0 aromatic heterocycles. The molecule has 0 aliphatic heterocycles. The van der Waals surface area contributed by atoms with Crippen molar-refractivity contribution in [2.45, 2.75) is 33.6 Å². The van der Waals surface area contributed by atoms with Crippen molar-refractivity contribution in [3.63, 3.8) is 0 Å². The van der Waals surface area contributed by atoms with E-state index in [9.17, 15) is 9.59 Å². The molecule has 0 radical (unpaired) electrons. The van der Waals surface area contributed by atoms with E-state index in [1.54, 1.807) is 6.92 Å². The van der Waals surface area contributed by atoms with Crippen molar-refractivity contribution in [2.75, 3.05) is 13.7 Å². The van der Waals surface area contributed by atoms with Crippen LogP contribution in [0.3, 0.4) is 0 Å². The highest BCUT2D eigenvalue weighted by Crippen LogP contribution is 2.07. The number of hydrogen-bond acceptors (Lipinski definition) is 4. The van der Waals surface area contributed by atoms with E-state index >= 15 is 0 Å². The Labute approximate surface area is 102 Å². The minimum atomic E-state index is -0.299. The number of carbonyl (C=O) groups excluding carboxylic acids is 2. The van der Waals surface area contributed by atoms with Crippen LogP contribution < -0.4 is 0 Å².